The van der Waals surface area contributed by atoms with Crippen molar-refractivity contribution in [3.8, 4) is 0 Å². The molecule has 1 fully saturated rings. The van der Waals surface area contributed by atoms with Crippen molar-refractivity contribution in [3.63, 3.8) is 0 Å². The third-order valence-electron chi connectivity index (χ3n) is 3.66. The first kappa shape index (κ1) is 13.5. The van der Waals surface area contributed by atoms with Crippen LogP contribution < -0.4 is 5.32 Å². The summed E-state index contributed by atoms with van der Waals surface area (Å²) in [7, 11) is 0. The van der Waals surface area contributed by atoms with Crippen molar-refractivity contribution in [2.24, 2.45) is 11.8 Å². The van der Waals surface area contributed by atoms with Crippen molar-refractivity contribution in [1.82, 2.24) is 10.3 Å². The molecule has 1 aromatic heterocycles. The van der Waals surface area contributed by atoms with E-state index in [-0.39, 0.29) is 5.91 Å². The molecule has 0 bridgehead atoms. The normalized spacial score (nSPS) is 23.7. The van der Waals surface area contributed by atoms with E-state index in [9.17, 15) is 4.79 Å². The third kappa shape index (κ3) is 3.55. The third-order valence-corrected chi connectivity index (χ3v) is 4.30. The van der Waals surface area contributed by atoms with Crippen LogP contribution in [0.4, 0.5) is 0 Å². The predicted molar refractivity (Wildman–Crippen MR) is 75.4 cm³/mol. The minimum absolute atomic E-state index is 0.0823. The van der Waals surface area contributed by atoms with E-state index in [4.69, 9.17) is 0 Å². The van der Waals surface area contributed by atoms with Crippen LogP contribution in [-0.2, 0) is 0 Å². The van der Waals surface area contributed by atoms with Crippen LogP contribution in [0.2, 0.25) is 0 Å². The monoisotopic (exact) mass is 310 g/mol. The number of carbonyl (C=O) groups is 1. The number of carbonyl (C=O) groups excluding carboxylic acids is 1. The Kier molecular flexibility index (Phi) is 4.75. The van der Waals surface area contributed by atoms with Gasteiger partial charge in [0, 0.05) is 17.2 Å². The molecule has 0 atom stereocenters. The van der Waals surface area contributed by atoms with Gasteiger partial charge in [-0.2, -0.15) is 0 Å². The second kappa shape index (κ2) is 6.32. The molecule has 1 N–H and O–H groups in total. The topological polar surface area (TPSA) is 42.0 Å². The number of pyridine rings is 1. The number of rotatable bonds is 3. The van der Waals surface area contributed by atoms with E-state index in [0.29, 0.717) is 11.6 Å². The SMILES string of the molecule is CC1CCC(CNC(=O)c2ncccc2Br)CC1. The first-order valence-corrected chi connectivity index (χ1v) is 7.35. The molecule has 1 saturated carbocycles. The highest BCUT2D eigenvalue weighted by Crippen LogP contribution is 2.27. The Morgan fingerprint density at radius 1 is 1.44 bits per heavy atom. The minimum atomic E-state index is -0.0823. The maximum Gasteiger partial charge on any atom is 0.271 e. The Morgan fingerprint density at radius 2 is 2.17 bits per heavy atom. The average Bonchev–Trinajstić information content (AvgIpc) is 2.38. The van der Waals surface area contributed by atoms with Gasteiger partial charge in [-0.1, -0.05) is 19.8 Å². The summed E-state index contributed by atoms with van der Waals surface area (Å²) in [5, 5.41) is 2.99. The highest BCUT2D eigenvalue weighted by atomic mass is 79.9. The Morgan fingerprint density at radius 3 is 2.83 bits per heavy atom. The summed E-state index contributed by atoms with van der Waals surface area (Å²) in [6.07, 6.45) is 6.67. The Hall–Kier alpha value is -0.900. The fourth-order valence-electron chi connectivity index (χ4n) is 2.41. The van der Waals surface area contributed by atoms with Gasteiger partial charge in [0.05, 0.1) is 0 Å². The predicted octanol–water partition coefficient (Wildman–Crippen LogP) is 3.40. The van der Waals surface area contributed by atoms with Crippen molar-refractivity contribution in [3.05, 3.63) is 28.5 Å². The van der Waals surface area contributed by atoms with Gasteiger partial charge < -0.3 is 5.32 Å². The number of nitrogens with one attached hydrogen (secondary N) is 1. The summed E-state index contributed by atoms with van der Waals surface area (Å²) in [6, 6.07) is 3.65. The molecule has 98 valence electrons. The Labute approximate surface area is 117 Å². The maximum atomic E-state index is 12.0. The second-order valence-corrected chi connectivity index (χ2v) is 6.02. The maximum absolute atomic E-state index is 12.0. The fraction of sp³-hybridized carbons (Fsp3) is 0.571. The highest BCUT2D eigenvalue weighted by molar-refractivity contribution is 9.10. The fourth-order valence-corrected chi connectivity index (χ4v) is 2.84. The molecule has 0 aliphatic heterocycles. The summed E-state index contributed by atoms with van der Waals surface area (Å²) in [4.78, 5) is 16.1. The van der Waals surface area contributed by atoms with Crippen LogP contribution in [0.3, 0.4) is 0 Å². The summed E-state index contributed by atoms with van der Waals surface area (Å²) in [6.45, 7) is 3.08. The van der Waals surface area contributed by atoms with Gasteiger partial charge in [-0.25, -0.2) is 4.98 Å². The Bertz CT molecular complexity index is 414. The molecular weight excluding hydrogens is 292 g/mol. The van der Waals surface area contributed by atoms with Crippen LogP contribution in [0, 0.1) is 11.8 Å². The van der Waals surface area contributed by atoms with E-state index in [1.54, 1.807) is 6.20 Å². The van der Waals surface area contributed by atoms with E-state index >= 15 is 0 Å². The van der Waals surface area contributed by atoms with Gasteiger partial charge in [0.25, 0.3) is 5.91 Å². The molecule has 1 aliphatic carbocycles. The minimum Gasteiger partial charge on any atom is -0.350 e. The molecule has 0 radical (unpaired) electrons. The number of amides is 1. The lowest BCUT2D eigenvalue weighted by Gasteiger charge is -2.26. The summed E-state index contributed by atoms with van der Waals surface area (Å²) in [5.74, 6) is 1.40. The number of hydrogen-bond acceptors (Lipinski definition) is 2. The van der Waals surface area contributed by atoms with Gasteiger partial charge in [0.2, 0.25) is 0 Å². The molecule has 1 heterocycles. The molecule has 0 aromatic carbocycles. The number of nitrogens with zero attached hydrogens (tertiary/aromatic N) is 1. The van der Waals surface area contributed by atoms with Gasteiger partial charge in [-0.15, -0.1) is 0 Å². The number of halogens is 1. The smallest absolute Gasteiger partial charge is 0.271 e. The van der Waals surface area contributed by atoms with Gasteiger partial charge in [-0.05, 0) is 52.7 Å². The van der Waals surface area contributed by atoms with Gasteiger partial charge in [-0.3, -0.25) is 4.79 Å². The van der Waals surface area contributed by atoms with Crippen LogP contribution >= 0.6 is 15.9 Å². The molecule has 0 unspecified atom stereocenters. The van der Waals surface area contributed by atoms with Crippen molar-refractivity contribution in [1.29, 1.82) is 0 Å². The van der Waals surface area contributed by atoms with Gasteiger partial charge in [0.15, 0.2) is 0 Å². The molecule has 3 nitrogen and oxygen atoms in total. The molecule has 0 spiro atoms. The average molecular weight is 311 g/mol. The lowest BCUT2D eigenvalue weighted by molar-refractivity contribution is 0.0936. The van der Waals surface area contributed by atoms with Crippen molar-refractivity contribution >= 4 is 21.8 Å². The van der Waals surface area contributed by atoms with Crippen LogP contribution in [0.1, 0.15) is 43.1 Å². The van der Waals surface area contributed by atoms with Gasteiger partial charge >= 0.3 is 0 Å². The van der Waals surface area contributed by atoms with Crippen molar-refractivity contribution < 1.29 is 4.79 Å². The quantitative estimate of drug-likeness (QED) is 0.929. The molecule has 1 aliphatic rings. The Balaban J connectivity index is 1.84. The van der Waals surface area contributed by atoms with E-state index in [1.807, 2.05) is 12.1 Å². The first-order valence-electron chi connectivity index (χ1n) is 6.55. The van der Waals surface area contributed by atoms with Crippen LogP contribution in [0.25, 0.3) is 0 Å². The lowest BCUT2D eigenvalue weighted by atomic mass is 9.83. The van der Waals surface area contributed by atoms with E-state index in [1.165, 1.54) is 25.7 Å². The number of aromatic nitrogens is 1. The van der Waals surface area contributed by atoms with Crippen LogP contribution in [0.15, 0.2) is 22.8 Å². The molecular formula is C14H19BrN2O. The van der Waals surface area contributed by atoms with Crippen LogP contribution in [-0.4, -0.2) is 17.4 Å². The van der Waals surface area contributed by atoms with Crippen LogP contribution in [0.5, 0.6) is 0 Å². The zero-order valence-electron chi connectivity index (χ0n) is 10.7. The zero-order valence-corrected chi connectivity index (χ0v) is 12.2. The molecule has 1 amide bonds. The zero-order chi connectivity index (χ0) is 13.0. The standard InChI is InChI=1S/C14H19BrN2O/c1-10-4-6-11(7-5-10)9-17-14(18)13-12(15)3-2-8-16-13/h2-3,8,10-11H,4-7,9H2,1H3,(H,17,18). The summed E-state index contributed by atoms with van der Waals surface area (Å²) in [5.41, 5.74) is 0.474. The lowest BCUT2D eigenvalue weighted by Crippen LogP contribution is -2.31. The first-order chi connectivity index (χ1) is 8.66. The number of hydrogen-bond donors (Lipinski definition) is 1. The highest BCUT2D eigenvalue weighted by Gasteiger charge is 2.19. The van der Waals surface area contributed by atoms with E-state index < -0.39 is 0 Å². The van der Waals surface area contributed by atoms with E-state index in [0.717, 1.165) is 16.9 Å². The molecule has 2 rings (SSSR count). The van der Waals surface area contributed by atoms with Crippen molar-refractivity contribution in [2.45, 2.75) is 32.6 Å². The van der Waals surface area contributed by atoms with Gasteiger partial charge in [0.1, 0.15) is 5.69 Å². The molecule has 0 saturated heterocycles. The largest absolute Gasteiger partial charge is 0.350 e. The van der Waals surface area contributed by atoms with E-state index in [2.05, 4.69) is 33.2 Å². The summed E-state index contributed by atoms with van der Waals surface area (Å²) >= 11 is 3.35. The summed E-state index contributed by atoms with van der Waals surface area (Å²) < 4.78 is 0.750. The molecule has 1 aromatic rings. The second-order valence-electron chi connectivity index (χ2n) is 5.17. The molecule has 18 heavy (non-hydrogen) atoms. The van der Waals surface area contributed by atoms with Crippen molar-refractivity contribution in [2.75, 3.05) is 6.54 Å². The molecule has 4 heteroatoms.